The van der Waals surface area contributed by atoms with Gasteiger partial charge in [-0.3, -0.25) is 0 Å². The number of carbonyl (C=O) groups excluding carboxylic acids is 2. The highest BCUT2D eigenvalue weighted by molar-refractivity contribution is 6.03. The van der Waals surface area contributed by atoms with Crippen LogP contribution in [0.5, 0.6) is 5.75 Å². The van der Waals surface area contributed by atoms with E-state index in [9.17, 15) is 22.8 Å². The molecule has 8 heteroatoms. The van der Waals surface area contributed by atoms with Crippen molar-refractivity contribution in [2.75, 3.05) is 0 Å². The topological polar surface area (TPSA) is 52.6 Å². The van der Waals surface area contributed by atoms with E-state index in [1.165, 1.54) is 24.3 Å². The fourth-order valence-corrected chi connectivity index (χ4v) is 1.62. The molecular weight excluding hydrogens is 337 g/mol. The zero-order valence-corrected chi connectivity index (χ0v) is 12.2. The highest BCUT2D eigenvalue weighted by atomic mass is 35.5. The van der Waals surface area contributed by atoms with Crippen LogP contribution in [-0.2, 0) is 4.74 Å². The second-order valence-electron chi connectivity index (χ2n) is 4.09. The van der Waals surface area contributed by atoms with Crippen molar-refractivity contribution in [2.24, 2.45) is 0 Å². The lowest BCUT2D eigenvalue weighted by Crippen LogP contribution is -2.20. The van der Waals surface area contributed by atoms with Gasteiger partial charge in [-0.15, -0.1) is 25.6 Å². The first-order chi connectivity index (χ1) is 10.4. The predicted octanol–water partition coefficient (Wildman–Crippen LogP) is 4.00. The Morgan fingerprint density at radius 2 is 1.39 bits per heavy atom. The minimum absolute atomic E-state index is 0. The number of alkyl halides is 3. The lowest BCUT2D eigenvalue weighted by Gasteiger charge is -2.12. The van der Waals surface area contributed by atoms with Crippen molar-refractivity contribution < 1.29 is 32.2 Å². The Morgan fingerprint density at radius 3 is 2.00 bits per heavy atom. The molecule has 0 spiro atoms. The molecule has 0 bridgehead atoms. The third kappa shape index (κ3) is 5.30. The summed E-state index contributed by atoms with van der Waals surface area (Å²) in [6, 6.07) is 12.2. The fraction of sp³-hybridized carbons (Fsp3) is 0.0667. The monoisotopic (exact) mass is 346 g/mol. The zero-order chi connectivity index (χ0) is 16.2. The first kappa shape index (κ1) is 18.5. The third-order valence-electron chi connectivity index (χ3n) is 2.53. The van der Waals surface area contributed by atoms with E-state index in [4.69, 9.17) is 0 Å². The Labute approximate surface area is 135 Å². The van der Waals surface area contributed by atoms with Crippen LogP contribution in [0, 0.1) is 0 Å². The molecule has 0 fully saturated rings. The average Bonchev–Trinajstić information content (AvgIpc) is 2.47. The maximum Gasteiger partial charge on any atom is 0.573 e. The molecule has 0 radical (unpaired) electrons. The number of para-hydroxylation sites is 1. The Bertz CT molecular complexity index is 687. The number of halogens is 4. The lowest BCUT2D eigenvalue weighted by molar-refractivity contribution is -0.274. The van der Waals surface area contributed by atoms with Crippen molar-refractivity contribution >= 4 is 24.3 Å². The number of hydrogen-bond donors (Lipinski definition) is 0. The lowest BCUT2D eigenvalue weighted by atomic mass is 10.2. The SMILES string of the molecule is Cl.O=C(OC(=O)c1ccccc1OC(F)(F)F)c1ccccc1. The molecule has 23 heavy (non-hydrogen) atoms. The van der Waals surface area contributed by atoms with Gasteiger partial charge in [0, 0.05) is 0 Å². The molecule has 0 unspecified atom stereocenters. The number of ether oxygens (including phenoxy) is 2. The molecule has 0 amide bonds. The van der Waals surface area contributed by atoms with E-state index in [2.05, 4.69) is 9.47 Å². The van der Waals surface area contributed by atoms with E-state index in [1.807, 2.05) is 0 Å². The van der Waals surface area contributed by atoms with Crippen molar-refractivity contribution in [3.05, 3.63) is 65.7 Å². The summed E-state index contributed by atoms with van der Waals surface area (Å²) >= 11 is 0. The van der Waals surface area contributed by atoms with Gasteiger partial charge in [-0.05, 0) is 24.3 Å². The smallest absolute Gasteiger partial charge is 0.405 e. The van der Waals surface area contributed by atoms with Crippen LogP contribution in [0.4, 0.5) is 13.2 Å². The van der Waals surface area contributed by atoms with Crippen LogP contribution in [0.15, 0.2) is 54.6 Å². The number of benzene rings is 2. The molecule has 0 aromatic heterocycles. The summed E-state index contributed by atoms with van der Waals surface area (Å²) in [6.45, 7) is 0. The van der Waals surface area contributed by atoms with Gasteiger partial charge in [0.15, 0.2) is 0 Å². The molecule has 0 atom stereocenters. The van der Waals surface area contributed by atoms with Gasteiger partial charge in [-0.25, -0.2) is 9.59 Å². The molecule has 0 N–H and O–H groups in total. The van der Waals surface area contributed by atoms with Gasteiger partial charge in [-0.2, -0.15) is 0 Å². The predicted molar refractivity (Wildman–Crippen MR) is 76.6 cm³/mol. The summed E-state index contributed by atoms with van der Waals surface area (Å²) in [7, 11) is 0. The summed E-state index contributed by atoms with van der Waals surface area (Å²) in [5.74, 6) is -2.93. The van der Waals surface area contributed by atoms with Crippen LogP contribution in [0.3, 0.4) is 0 Å². The molecular formula is C15H10ClF3O4. The van der Waals surface area contributed by atoms with Gasteiger partial charge < -0.3 is 9.47 Å². The average molecular weight is 347 g/mol. The maximum absolute atomic E-state index is 12.3. The summed E-state index contributed by atoms with van der Waals surface area (Å²) in [4.78, 5) is 23.6. The standard InChI is InChI=1S/C15H9F3O4.ClH/c16-15(17,18)22-12-9-5-4-8-11(12)14(20)21-13(19)10-6-2-1-3-7-10;/h1-9H;1H. The van der Waals surface area contributed by atoms with Crippen LogP contribution in [-0.4, -0.2) is 18.3 Å². The van der Waals surface area contributed by atoms with E-state index in [-0.39, 0.29) is 18.0 Å². The minimum Gasteiger partial charge on any atom is -0.405 e. The molecule has 0 aliphatic carbocycles. The highest BCUT2D eigenvalue weighted by Gasteiger charge is 2.33. The van der Waals surface area contributed by atoms with E-state index in [0.29, 0.717) is 0 Å². The molecule has 4 nitrogen and oxygen atoms in total. The van der Waals surface area contributed by atoms with Crippen molar-refractivity contribution in [2.45, 2.75) is 6.36 Å². The zero-order valence-electron chi connectivity index (χ0n) is 11.4. The van der Waals surface area contributed by atoms with E-state index < -0.39 is 29.6 Å². The Hall–Kier alpha value is -2.54. The van der Waals surface area contributed by atoms with Crippen LogP contribution in [0.2, 0.25) is 0 Å². The second-order valence-corrected chi connectivity index (χ2v) is 4.09. The fourth-order valence-electron chi connectivity index (χ4n) is 1.62. The molecule has 0 heterocycles. The molecule has 2 rings (SSSR count). The Balaban J connectivity index is 0.00000264. The van der Waals surface area contributed by atoms with Crippen molar-refractivity contribution in [1.82, 2.24) is 0 Å². The normalized spacial score (nSPS) is 10.4. The van der Waals surface area contributed by atoms with Gasteiger partial charge in [-0.1, -0.05) is 30.3 Å². The minimum atomic E-state index is -4.96. The summed E-state index contributed by atoms with van der Waals surface area (Å²) in [5.41, 5.74) is -0.394. The number of hydrogen-bond acceptors (Lipinski definition) is 4. The second kappa shape index (κ2) is 7.64. The van der Waals surface area contributed by atoms with Crippen LogP contribution in [0.25, 0.3) is 0 Å². The van der Waals surface area contributed by atoms with Crippen molar-refractivity contribution in [3.8, 4) is 5.75 Å². The van der Waals surface area contributed by atoms with Gasteiger partial charge in [0.2, 0.25) is 0 Å². The molecule has 0 aliphatic heterocycles. The largest absolute Gasteiger partial charge is 0.573 e. The first-order valence-electron chi connectivity index (χ1n) is 6.03. The molecule has 2 aromatic rings. The number of carbonyl (C=O) groups is 2. The van der Waals surface area contributed by atoms with Crippen molar-refractivity contribution in [1.29, 1.82) is 0 Å². The van der Waals surface area contributed by atoms with E-state index in [1.54, 1.807) is 18.2 Å². The van der Waals surface area contributed by atoms with Gasteiger partial charge in [0.05, 0.1) is 5.56 Å². The quantitative estimate of drug-likeness (QED) is 0.622. The molecule has 0 saturated carbocycles. The van der Waals surface area contributed by atoms with Crippen LogP contribution >= 0.6 is 12.4 Å². The van der Waals surface area contributed by atoms with Crippen LogP contribution in [0.1, 0.15) is 20.7 Å². The van der Waals surface area contributed by atoms with Crippen molar-refractivity contribution in [3.63, 3.8) is 0 Å². The van der Waals surface area contributed by atoms with Crippen LogP contribution < -0.4 is 4.74 Å². The first-order valence-corrected chi connectivity index (χ1v) is 6.03. The molecule has 0 aliphatic rings. The van der Waals surface area contributed by atoms with E-state index >= 15 is 0 Å². The van der Waals surface area contributed by atoms with Gasteiger partial charge in [0.25, 0.3) is 0 Å². The maximum atomic E-state index is 12.3. The summed E-state index contributed by atoms with van der Waals surface area (Å²) in [5, 5.41) is 0. The highest BCUT2D eigenvalue weighted by Crippen LogP contribution is 2.26. The van der Waals surface area contributed by atoms with E-state index in [0.717, 1.165) is 12.1 Å². The van der Waals surface area contributed by atoms with Gasteiger partial charge >= 0.3 is 18.3 Å². The Morgan fingerprint density at radius 1 is 0.826 bits per heavy atom. The molecule has 122 valence electrons. The number of rotatable bonds is 3. The van der Waals surface area contributed by atoms with Gasteiger partial charge in [0.1, 0.15) is 11.3 Å². The third-order valence-corrected chi connectivity index (χ3v) is 2.53. The molecule has 2 aromatic carbocycles. The Kier molecular flexibility index (Phi) is 6.15. The summed E-state index contributed by atoms with van der Waals surface area (Å²) < 4.78 is 45.1. The molecule has 0 saturated heterocycles. The summed E-state index contributed by atoms with van der Waals surface area (Å²) in [6.07, 6.45) is -4.96. The number of esters is 2.